The Kier molecular flexibility index (Phi) is 7.17. The van der Waals surface area contributed by atoms with Crippen LogP contribution in [0.2, 0.25) is 0 Å². The zero-order valence-corrected chi connectivity index (χ0v) is 14.6. The number of nitrogens with two attached hydrogens (primary N) is 1. The zero-order chi connectivity index (χ0) is 17.2. The van der Waals surface area contributed by atoms with Crippen molar-refractivity contribution in [2.75, 3.05) is 12.9 Å². The lowest BCUT2D eigenvalue weighted by atomic mass is 10.2. The van der Waals surface area contributed by atoms with Crippen LogP contribution in [-0.2, 0) is 6.61 Å². The number of hydrogen-bond acceptors (Lipinski definition) is 5. The summed E-state index contributed by atoms with van der Waals surface area (Å²) >= 11 is 1.35. The molecule has 0 saturated heterocycles. The third kappa shape index (κ3) is 5.62. The number of thioether (sulfide) groups is 1. The molecule has 0 saturated carbocycles. The molecule has 0 aliphatic rings. The molecule has 5 nitrogen and oxygen atoms in total. The first-order valence-electron chi connectivity index (χ1n) is 7.57. The van der Waals surface area contributed by atoms with Gasteiger partial charge in [-0.05, 0) is 42.5 Å². The second-order valence-electron chi connectivity index (χ2n) is 4.80. The summed E-state index contributed by atoms with van der Waals surface area (Å²) in [5, 5.41) is 8.24. The van der Waals surface area contributed by atoms with E-state index in [2.05, 4.69) is 10.2 Å². The predicted molar refractivity (Wildman–Crippen MR) is 101 cm³/mol. The quantitative estimate of drug-likeness (QED) is 0.473. The van der Waals surface area contributed by atoms with Gasteiger partial charge < -0.3 is 15.2 Å². The Labute approximate surface area is 146 Å². The average Bonchev–Trinajstić information content (AvgIpc) is 2.62. The summed E-state index contributed by atoms with van der Waals surface area (Å²) in [6.45, 7) is 2.98. The topological polar surface area (TPSA) is 69.2 Å². The Hall–Kier alpha value is -2.47. The SMILES string of the molecule is CCOc1cc(C=NN=C(N)SC)ccc1OCc1ccccc1. The van der Waals surface area contributed by atoms with Crippen LogP contribution in [0.15, 0.2) is 58.7 Å². The van der Waals surface area contributed by atoms with Crippen molar-refractivity contribution in [2.45, 2.75) is 13.5 Å². The van der Waals surface area contributed by atoms with Crippen molar-refractivity contribution in [1.29, 1.82) is 0 Å². The number of ether oxygens (including phenoxy) is 2. The van der Waals surface area contributed by atoms with E-state index in [-0.39, 0.29) is 0 Å². The highest BCUT2D eigenvalue weighted by Gasteiger charge is 2.06. The molecule has 0 aliphatic heterocycles. The Morgan fingerprint density at radius 1 is 1.12 bits per heavy atom. The van der Waals surface area contributed by atoms with E-state index in [9.17, 15) is 0 Å². The normalized spacial score (nSPS) is 11.7. The van der Waals surface area contributed by atoms with E-state index >= 15 is 0 Å². The Balaban J connectivity index is 2.11. The van der Waals surface area contributed by atoms with Crippen LogP contribution in [0.5, 0.6) is 11.5 Å². The lowest BCUT2D eigenvalue weighted by Gasteiger charge is -2.12. The maximum atomic E-state index is 5.87. The highest BCUT2D eigenvalue weighted by molar-refractivity contribution is 8.13. The molecule has 0 aromatic heterocycles. The van der Waals surface area contributed by atoms with Crippen LogP contribution in [0.25, 0.3) is 0 Å². The molecule has 0 heterocycles. The van der Waals surface area contributed by atoms with Crippen LogP contribution in [0.3, 0.4) is 0 Å². The van der Waals surface area contributed by atoms with Gasteiger partial charge in [0.05, 0.1) is 12.8 Å². The summed E-state index contributed by atoms with van der Waals surface area (Å²) in [4.78, 5) is 0. The van der Waals surface area contributed by atoms with Crippen LogP contribution in [0.4, 0.5) is 0 Å². The molecule has 0 bridgehead atoms. The van der Waals surface area contributed by atoms with Gasteiger partial charge in [0, 0.05) is 0 Å². The van der Waals surface area contributed by atoms with E-state index < -0.39 is 0 Å². The first-order valence-corrected chi connectivity index (χ1v) is 8.79. The monoisotopic (exact) mass is 343 g/mol. The average molecular weight is 343 g/mol. The van der Waals surface area contributed by atoms with Crippen molar-refractivity contribution in [2.24, 2.45) is 15.9 Å². The fraction of sp³-hybridized carbons (Fsp3) is 0.222. The Morgan fingerprint density at radius 2 is 1.92 bits per heavy atom. The molecule has 0 unspecified atom stereocenters. The standard InChI is InChI=1S/C18H21N3O2S/c1-3-22-17-11-15(12-20-21-18(19)24-2)9-10-16(17)23-13-14-7-5-4-6-8-14/h4-12H,3,13H2,1-2H3,(H2,19,21). The highest BCUT2D eigenvalue weighted by atomic mass is 32.2. The Bertz CT molecular complexity index is 703. The van der Waals surface area contributed by atoms with Crippen LogP contribution in [0, 0.1) is 0 Å². The number of amidine groups is 1. The fourth-order valence-electron chi connectivity index (χ4n) is 1.92. The summed E-state index contributed by atoms with van der Waals surface area (Å²) in [6.07, 6.45) is 3.48. The van der Waals surface area contributed by atoms with Crippen molar-refractivity contribution in [1.82, 2.24) is 0 Å². The van der Waals surface area contributed by atoms with Crippen molar-refractivity contribution in [3.63, 3.8) is 0 Å². The van der Waals surface area contributed by atoms with E-state index in [0.29, 0.717) is 29.9 Å². The molecule has 126 valence electrons. The molecule has 2 aromatic rings. The maximum absolute atomic E-state index is 5.87. The molecule has 0 fully saturated rings. The van der Waals surface area contributed by atoms with Gasteiger partial charge in [0.25, 0.3) is 0 Å². The summed E-state index contributed by atoms with van der Waals surface area (Å²) in [7, 11) is 0. The number of nitrogens with zero attached hydrogens (tertiary/aromatic N) is 2. The molecule has 0 spiro atoms. The maximum Gasteiger partial charge on any atom is 0.180 e. The molecule has 0 amide bonds. The second-order valence-corrected chi connectivity index (χ2v) is 5.63. The Morgan fingerprint density at radius 3 is 2.62 bits per heavy atom. The van der Waals surface area contributed by atoms with E-state index in [1.807, 2.05) is 61.7 Å². The summed E-state index contributed by atoms with van der Waals surface area (Å²) < 4.78 is 11.5. The number of hydrogen-bond donors (Lipinski definition) is 1. The lowest BCUT2D eigenvalue weighted by Crippen LogP contribution is -2.04. The minimum Gasteiger partial charge on any atom is -0.490 e. The van der Waals surface area contributed by atoms with Gasteiger partial charge in [-0.25, -0.2) is 0 Å². The fourth-order valence-corrected chi connectivity index (χ4v) is 2.05. The number of rotatable bonds is 7. The van der Waals surface area contributed by atoms with Gasteiger partial charge >= 0.3 is 0 Å². The highest BCUT2D eigenvalue weighted by Crippen LogP contribution is 2.28. The van der Waals surface area contributed by atoms with Gasteiger partial charge in [-0.2, -0.15) is 5.10 Å². The van der Waals surface area contributed by atoms with Gasteiger partial charge in [-0.3, -0.25) is 0 Å². The molecule has 2 aromatic carbocycles. The lowest BCUT2D eigenvalue weighted by molar-refractivity contribution is 0.269. The van der Waals surface area contributed by atoms with Crippen LogP contribution in [-0.4, -0.2) is 24.2 Å². The molecular weight excluding hydrogens is 322 g/mol. The molecule has 0 atom stereocenters. The second kappa shape index (κ2) is 9.62. The van der Waals surface area contributed by atoms with Gasteiger partial charge in [0.1, 0.15) is 6.61 Å². The van der Waals surface area contributed by atoms with E-state index in [1.54, 1.807) is 6.21 Å². The third-order valence-corrected chi connectivity index (χ3v) is 3.58. The summed E-state index contributed by atoms with van der Waals surface area (Å²) in [5.74, 6) is 1.38. The molecule has 24 heavy (non-hydrogen) atoms. The molecule has 2 N–H and O–H groups in total. The third-order valence-electron chi connectivity index (χ3n) is 3.08. The van der Waals surface area contributed by atoms with Crippen LogP contribution in [0.1, 0.15) is 18.1 Å². The molecular formula is C18H21N3O2S. The predicted octanol–water partition coefficient (Wildman–Crippen LogP) is 3.68. The van der Waals surface area contributed by atoms with Crippen molar-refractivity contribution in [3.05, 3.63) is 59.7 Å². The molecule has 6 heteroatoms. The summed E-state index contributed by atoms with van der Waals surface area (Å²) in [6, 6.07) is 15.7. The minimum atomic E-state index is 0.416. The van der Waals surface area contributed by atoms with E-state index in [1.165, 1.54) is 11.8 Å². The largest absolute Gasteiger partial charge is 0.490 e. The molecule has 0 radical (unpaired) electrons. The van der Waals surface area contributed by atoms with Gasteiger partial charge in [-0.1, -0.05) is 42.1 Å². The van der Waals surface area contributed by atoms with Gasteiger partial charge in [0.15, 0.2) is 16.7 Å². The summed E-state index contributed by atoms with van der Waals surface area (Å²) in [5.41, 5.74) is 7.56. The zero-order valence-electron chi connectivity index (χ0n) is 13.8. The molecule has 0 aliphatic carbocycles. The van der Waals surface area contributed by atoms with Gasteiger partial charge in [-0.15, -0.1) is 5.10 Å². The van der Waals surface area contributed by atoms with E-state index in [4.69, 9.17) is 15.2 Å². The van der Waals surface area contributed by atoms with Crippen molar-refractivity contribution in [3.8, 4) is 11.5 Å². The molecule has 2 rings (SSSR count). The van der Waals surface area contributed by atoms with Crippen molar-refractivity contribution >= 4 is 23.1 Å². The smallest absolute Gasteiger partial charge is 0.180 e. The number of benzene rings is 2. The van der Waals surface area contributed by atoms with Crippen molar-refractivity contribution < 1.29 is 9.47 Å². The first-order chi connectivity index (χ1) is 11.7. The first kappa shape index (κ1) is 17.9. The minimum absolute atomic E-state index is 0.416. The van der Waals surface area contributed by atoms with Crippen LogP contribution < -0.4 is 15.2 Å². The van der Waals surface area contributed by atoms with E-state index in [0.717, 1.165) is 11.1 Å². The van der Waals surface area contributed by atoms with Crippen LogP contribution >= 0.6 is 11.8 Å². The van der Waals surface area contributed by atoms with Gasteiger partial charge in [0.2, 0.25) is 0 Å².